The molecule has 0 unspecified atom stereocenters. The van der Waals surface area contributed by atoms with Gasteiger partial charge in [-0.05, 0) is 18.8 Å². The maximum absolute atomic E-state index is 12.3. The van der Waals surface area contributed by atoms with E-state index in [9.17, 15) is 9.59 Å². The lowest BCUT2D eigenvalue weighted by molar-refractivity contribution is -0.131. The number of ether oxygens (including phenoxy) is 1. The molecule has 1 aromatic heterocycles. The van der Waals surface area contributed by atoms with Crippen LogP contribution in [0.4, 0.5) is 0 Å². The molecule has 0 bridgehead atoms. The van der Waals surface area contributed by atoms with Crippen LogP contribution in [0.1, 0.15) is 29.8 Å². The summed E-state index contributed by atoms with van der Waals surface area (Å²) in [6.07, 6.45) is 7.69. The van der Waals surface area contributed by atoms with Gasteiger partial charge in [-0.15, -0.1) is 0 Å². The summed E-state index contributed by atoms with van der Waals surface area (Å²) in [6, 6.07) is 0. The van der Waals surface area contributed by atoms with Gasteiger partial charge in [0.1, 0.15) is 5.69 Å². The molecule has 3 fully saturated rings. The third kappa shape index (κ3) is 3.26. The first kappa shape index (κ1) is 15.5. The first-order valence-electron chi connectivity index (χ1n) is 8.64. The molecule has 7 nitrogen and oxygen atoms in total. The highest BCUT2D eigenvalue weighted by atomic mass is 16.5. The summed E-state index contributed by atoms with van der Waals surface area (Å²) in [5.41, 5.74) is 0.320. The highest BCUT2D eigenvalue weighted by molar-refractivity contribution is 5.91. The Balaban J connectivity index is 1.29. The molecular formula is C17H22N4O3. The molecule has 4 rings (SSSR count). The van der Waals surface area contributed by atoms with Gasteiger partial charge in [0.25, 0.3) is 5.91 Å². The molecule has 2 aliphatic heterocycles. The number of fused-ring (bicyclic) bond motifs is 1. The minimum Gasteiger partial charge on any atom is -0.376 e. The third-order valence-corrected chi connectivity index (χ3v) is 5.27. The molecule has 0 aromatic carbocycles. The molecule has 3 atom stereocenters. The molecule has 1 aromatic rings. The summed E-state index contributed by atoms with van der Waals surface area (Å²) in [5.74, 6) is 1.22. The second-order valence-electron chi connectivity index (χ2n) is 7.04. The van der Waals surface area contributed by atoms with Gasteiger partial charge in [0.05, 0.1) is 18.9 Å². The molecule has 128 valence electrons. The average molecular weight is 330 g/mol. The Kier molecular flexibility index (Phi) is 4.18. The number of carbonyl (C=O) groups is 2. The molecule has 1 N–H and O–H groups in total. The predicted molar refractivity (Wildman–Crippen MR) is 85.0 cm³/mol. The average Bonchev–Trinajstić information content (AvgIpc) is 3.18. The number of hydrogen-bond acceptors (Lipinski definition) is 5. The quantitative estimate of drug-likeness (QED) is 0.849. The fourth-order valence-corrected chi connectivity index (χ4v) is 3.64. The topological polar surface area (TPSA) is 84.4 Å². The van der Waals surface area contributed by atoms with E-state index in [1.807, 2.05) is 4.90 Å². The Morgan fingerprint density at radius 1 is 1.29 bits per heavy atom. The van der Waals surface area contributed by atoms with Crippen LogP contribution in [0.15, 0.2) is 18.6 Å². The molecular weight excluding hydrogens is 308 g/mol. The SMILES string of the molecule is O=C(NC[C@H]1CO[C@@H]2CN(C(=O)CC3CC3)C[C@H]12)c1cnccn1. The number of nitrogens with one attached hydrogen (secondary N) is 1. The number of likely N-dealkylation sites (tertiary alicyclic amines) is 1. The fraction of sp³-hybridized carbons (Fsp3) is 0.647. The molecule has 0 spiro atoms. The number of nitrogens with zero attached hydrogens (tertiary/aromatic N) is 3. The van der Waals surface area contributed by atoms with Crippen molar-refractivity contribution >= 4 is 11.8 Å². The van der Waals surface area contributed by atoms with Gasteiger partial charge < -0.3 is 15.0 Å². The number of carbonyl (C=O) groups excluding carboxylic acids is 2. The van der Waals surface area contributed by atoms with E-state index >= 15 is 0 Å². The molecule has 24 heavy (non-hydrogen) atoms. The van der Waals surface area contributed by atoms with Gasteiger partial charge in [-0.25, -0.2) is 4.98 Å². The minimum atomic E-state index is -0.216. The zero-order chi connectivity index (χ0) is 16.5. The molecule has 1 saturated carbocycles. The van der Waals surface area contributed by atoms with Crippen LogP contribution in [0, 0.1) is 17.8 Å². The van der Waals surface area contributed by atoms with Crippen LogP contribution < -0.4 is 5.32 Å². The van der Waals surface area contributed by atoms with Crippen molar-refractivity contribution in [3.63, 3.8) is 0 Å². The molecule has 2 amide bonds. The summed E-state index contributed by atoms with van der Waals surface area (Å²) in [5, 5.41) is 2.91. The van der Waals surface area contributed by atoms with Gasteiger partial charge in [0.15, 0.2) is 0 Å². The summed E-state index contributed by atoms with van der Waals surface area (Å²) in [6.45, 7) is 2.63. The van der Waals surface area contributed by atoms with Gasteiger partial charge in [0, 0.05) is 50.3 Å². The van der Waals surface area contributed by atoms with E-state index in [0.717, 1.165) is 6.54 Å². The lowest BCUT2D eigenvalue weighted by atomic mass is 9.93. The molecule has 7 heteroatoms. The Bertz CT molecular complexity index is 620. The number of aromatic nitrogens is 2. The zero-order valence-electron chi connectivity index (χ0n) is 13.6. The normalized spacial score (nSPS) is 28.7. The maximum Gasteiger partial charge on any atom is 0.271 e. The standard InChI is InChI=1S/C17H22N4O3/c22-16(5-11-1-2-11)21-8-13-12(10-24-15(13)9-21)6-20-17(23)14-7-18-3-4-19-14/h3-4,7,11-13,15H,1-2,5-6,8-10H2,(H,20,23)/t12-,13+,15+/m0/s1. The first-order valence-corrected chi connectivity index (χ1v) is 8.64. The van der Waals surface area contributed by atoms with E-state index < -0.39 is 0 Å². The number of hydrogen-bond donors (Lipinski definition) is 1. The monoisotopic (exact) mass is 330 g/mol. The van der Waals surface area contributed by atoms with E-state index in [0.29, 0.717) is 43.6 Å². The molecule has 3 heterocycles. The summed E-state index contributed by atoms with van der Waals surface area (Å²) in [4.78, 5) is 34.2. The van der Waals surface area contributed by atoms with Crippen LogP contribution in [-0.2, 0) is 9.53 Å². The van der Waals surface area contributed by atoms with Crippen molar-refractivity contribution in [3.05, 3.63) is 24.3 Å². The van der Waals surface area contributed by atoms with Gasteiger partial charge in [-0.3, -0.25) is 14.6 Å². The van der Waals surface area contributed by atoms with Crippen LogP contribution in [0.5, 0.6) is 0 Å². The largest absolute Gasteiger partial charge is 0.376 e. The molecule has 1 aliphatic carbocycles. The first-order chi connectivity index (χ1) is 11.7. The predicted octanol–water partition coefficient (Wildman–Crippen LogP) is 0.480. The highest BCUT2D eigenvalue weighted by Gasteiger charge is 2.45. The van der Waals surface area contributed by atoms with Crippen molar-refractivity contribution < 1.29 is 14.3 Å². The second-order valence-corrected chi connectivity index (χ2v) is 7.04. The summed E-state index contributed by atoms with van der Waals surface area (Å²) in [7, 11) is 0. The third-order valence-electron chi connectivity index (χ3n) is 5.27. The van der Waals surface area contributed by atoms with E-state index in [2.05, 4.69) is 15.3 Å². The Labute approximate surface area is 140 Å². The number of amides is 2. The van der Waals surface area contributed by atoms with Crippen molar-refractivity contribution in [2.75, 3.05) is 26.2 Å². The minimum absolute atomic E-state index is 0.117. The lowest BCUT2D eigenvalue weighted by Crippen LogP contribution is -2.35. The Morgan fingerprint density at radius 3 is 2.92 bits per heavy atom. The number of rotatable bonds is 5. The molecule has 0 radical (unpaired) electrons. The highest BCUT2D eigenvalue weighted by Crippen LogP contribution is 2.36. The van der Waals surface area contributed by atoms with Crippen molar-refractivity contribution in [1.82, 2.24) is 20.2 Å². The van der Waals surface area contributed by atoms with Gasteiger partial charge in [0.2, 0.25) is 5.91 Å². The van der Waals surface area contributed by atoms with Gasteiger partial charge in [-0.1, -0.05) is 0 Å². The zero-order valence-corrected chi connectivity index (χ0v) is 13.6. The molecule has 3 aliphatic rings. The van der Waals surface area contributed by atoms with Crippen LogP contribution in [0.25, 0.3) is 0 Å². The van der Waals surface area contributed by atoms with E-state index in [1.165, 1.54) is 31.4 Å². The van der Waals surface area contributed by atoms with Crippen LogP contribution in [0.3, 0.4) is 0 Å². The van der Waals surface area contributed by atoms with Crippen molar-refractivity contribution in [2.45, 2.75) is 25.4 Å². The fourth-order valence-electron chi connectivity index (χ4n) is 3.64. The second kappa shape index (κ2) is 6.47. The van der Waals surface area contributed by atoms with Crippen LogP contribution in [0.2, 0.25) is 0 Å². The maximum atomic E-state index is 12.3. The summed E-state index contributed by atoms with van der Waals surface area (Å²) < 4.78 is 5.86. The van der Waals surface area contributed by atoms with Crippen molar-refractivity contribution in [2.24, 2.45) is 17.8 Å². The van der Waals surface area contributed by atoms with Crippen molar-refractivity contribution in [3.8, 4) is 0 Å². The van der Waals surface area contributed by atoms with Crippen LogP contribution >= 0.6 is 0 Å². The lowest BCUT2D eigenvalue weighted by Gasteiger charge is -2.20. The van der Waals surface area contributed by atoms with Gasteiger partial charge in [-0.2, -0.15) is 0 Å². The Hall–Kier alpha value is -2.02. The summed E-state index contributed by atoms with van der Waals surface area (Å²) >= 11 is 0. The van der Waals surface area contributed by atoms with Crippen LogP contribution in [-0.4, -0.2) is 59.0 Å². The van der Waals surface area contributed by atoms with E-state index in [4.69, 9.17) is 4.74 Å². The Morgan fingerprint density at radius 2 is 2.17 bits per heavy atom. The van der Waals surface area contributed by atoms with E-state index in [-0.39, 0.29) is 23.8 Å². The smallest absolute Gasteiger partial charge is 0.271 e. The van der Waals surface area contributed by atoms with Gasteiger partial charge >= 0.3 is 0 Å². The molecule has 2 saturated heterocycles. The van der Waals surface area contributed by atoms with Crippen molar-refractivity contribution in [1.29, 1.82) is 0 Å². The van der Waals surface area contributed by atoms with E-state index in [1.54, 1.807) is 0 Å².